The molecule has 1 aromatic rings. The lowest BCUT2D eigenvalue weighted by atomic mass is 10.1. The average Bonchev–Trinajstić information content (AvgIpc) is 2.48. The minimum atomic E-state index is -4.53. The Morgan fingerprint density at radius 2 is 1.87 bits per heavy atom. The van der Waals surface area contributed by atoms with Crippen LogP contribution in [0.15, 0.2) is 47.5 Å². The number of benzene rings is 1. The van der Waals surface area contributed by atoms with Gasteiger partial charge in [-0.15, -0.1) is 0 Å². The van der Waals surface area contributed by atoms with Gasteiger partial charge in [-0.05, 0) is 30.7 Å². The second kappa shape index (κ2) is 10.1. The molecule has 0 aliphatic heterocycles. The Morgan fingerprint density at radius 1 is 1.17 bits per heavy atom. The predicted molar refractivity (Wildman–Crippen MR) is 87.7 cm³/mol. The predicted octanol–water partition coefficient (Wildman–Crippen LogP) is 5.20. The molecule has 0 fully saturated rings. The zero-order chi connectivity index (χ0) is 17.1. The van der Waals surface area contributed by atoms with Gasteiger partial charge in [0.15, 0.2) is 0 Å². The zero-order valence-corrected chi connectivity index (χ0v) is 13.6. The van der Waals surface area contributed by atoms with E-state index >= 15 is 0 Å². The monoisotopic (exact) mass is 327 g/mol. The number of hydrogen-bond acceptors (Lipinski definition) is 2. The first-order chi connectivity index (χ1) is 10.9. The van der Waals surface area contributed by atoms with Gasteiger partial charge >= 0.3 is 6.18 Å². The Kier molecular flexibility index (Phi) is 8.45. The molecule has 0 atom stereocenters. The quantitative estimate of drug-likeness (QED) is 0.365. The summed E-state index contributed by atoms with van der Waals surface area (Å²) < 4.78 is 43.1. The van der Waals surface area contributed by atoms with E-state index in [1.54, 1.807) is 6.08 Å². The summed E-state index contributed by atoms with van der Waals surface area (Å²) in [6, 6.07) is 9.92. The summed E-state index contributed by atoms with van der Waals surface area (Å²) in [5.41, 5.74) is 1.20. The van der Waals surface area contributed by atoms with Crippen molar-refractivity contribution in [3.05, 3.63) is 48.0 Å². The standard InChI is InChI=1S/C18H24F3NO/c1-15(2)12-13-22-17(18(19,20)21)23-14-8-4-7-11-16-9-5-3-6-10-16/h3-6,8-10,15H,7,11-14H2,1-2H3/b8-4+,22-17?. The van der Waals surface area contributed by atoms with Crippen molar-refractivity contribution in [2.75, 3.05) is 13.2 Å². The summed E-state index contributed by atoms with van der Waals surface area (Å²) in [7, 11) is 0. The van der Waals surface area contributed by atoms with Gasteiger partial charge < -0.3 is 4.74 Å². The van der Waals surface area contributed by atoms with Crippen LogP contribution in [0, 0.1) is 5.92 Å². The van der Waals surface area contributed by atoms with Crippen LogP contribution in [0.3, 0.4) is 0 Å². The van der Waals surface area contributed by atoms with E-state index in [4.69, 9.17) is 4.74 Å². The molecule has 0 heterocycles. The topological polar surface area (TPSA) is 21.6 Å². The highest BCUT2D eigenvalue weighted by atomic mass is 19.4. The lowest BCUT2D eigenvalue weighted by molar-refractivity contribution is -0.0774. The van der Waals surface area contributed by atoms with E-state index in [1.807, 2.05) is 50.3 Å². The Labute approximate surface area is 136 Å². The van der Waals surface area contributed by atoms with Crippen LogP contribution in [-0.4, -0.2) is 25.2 Å². The van der Waals surface area contributed by atoms with Crippen molar-refractivity contribution in [3.63, 3.8) is 0 Å². The van der Waals surface area contributed by atoms with Crippen molar-refractivity contribution < 1.29 is 17.9 Å². The van der Waals surface area contributed by atoms with Gasteiger partial charge in [0.25, 0.3) is 5.90 Å². The molecule has 5 heteroatoms. The fourth-order valence-electron chi connectivity index (χ4n) is 1.85. The lowest BCUT2D eigenvalue weighted by Crippen LogP contribution is -2.26. The van der Waals surface area contributed by atoms with Crippen molar-refractivity contribution in [1.82, 2.24) is 0 Å². The van der Waals surface area contributed by atoms with Crippen LogP contribution < -0.4 is 0 Å². The molecule has 0 amide bonds. The molecule has 0 saturated heterocycles. The van der Waals surface area contributed by atoms with Crippen LogP contribution in [0.1, 0.15) is 32.3 Å². The molecule has 128 valence electrons. The number of ether oxygens (including phenoxy) is 1. The summed E-state index contributed by atoms with van der Waals surface area (Å²) in [5, 5.41) is 0. The van der Waals surface area contributed by atoms with Gasteiger partial charge in [0, 0.05) is 6.54 Å². The average molecular weight is 327 g/mol. The Morgan fingerprint density at radius 3 is 2.48 bits per heavy atom. The molecule has 0 saturated carbocycles. The highest BCUT2D eigenvalue weighted by Crippen LogP contribution is 2.18. The Hall–Kier alpha value is -1.78. The maximum atomic E-state index is 12.8. The van der Waals surface area contributed by atoms with E-state index in [0.717, 1.165) is 12.8 Å². The maximum absolute atomic E-state index is 12.8. The molecule has 0 aliphatic carbocycles. The molecule has 0 bridgehead atoms. The summed E-state index contributed by atoms with van der Waals surface area (Å²) in [5.74, 6) is -0.822. The van der Waals surface area contributed by atoms with E-state index in [0.29, 0.717) is 12.3 Å². The maximum Gasteiger partial charge on any atom is 0.468 e. The van der Waals surface area contributed by atoms with E-state index in [2.05, 4.69) is 4.99 Å². The van der Waals surface area contributed by atoms with Gasteiger partial charge in [-0.3, -0.25) is 0 Å². The molecule has 0 radical (unpaired) electrons. The number of halogens is 3. The number of aliphatic imine (C=N–C) groups is 1. The molecule has 0 N–H and O–H groups in total. The first-order valence-electron chi connectivity index (χ1n) is 7.83. The van der Waals surface area contributed by atoms with Crippen LogP contribution in [0.2, 0.25) is 0 Å². The van der Waals surface area contributed by atoms with E-state index in [9.17, 15) is 13.2 Å². The molecule has 0 aromatic heterocycles. The van der Waals surface area contributed by atoms with Gasteiger partial charge in [0.05, 0.1) is 0 Å². The second-order valence-electron chi connectivity index (χ2n) is 5.67. The fraction of sp³-hybridized carbons (Fsp3) is 0.500. The molecule has 23 heavy (non-hydrogen) atoms. The normalized spacial score (nSPS) is 13.0. The molecule has 2 nitrogen and oxygen atoms in total. The summed E-state index contributed by atoms with van der Waals surface area (Å²) >= 11 is 0. The minimum Gasteiger partial charge on any atom is -0.470 e. The third-order valence-electron chi connectivity index (χ3n) is 3.13. The lowest BCUT2D eigenvalue weighted by Gasteiger charge is -2.11. The Balaban J connectivity index is 2.35. The van der Waals surface area contributed by atoms with Crippen molar-refractivity contribution in [2.24, 2.45) is 10.9 Å². The number of nitrogens with zero attached hydrogens (tertiary/aromatic N) is 1. The van der Waals surface area contributed by atoms with Crippen LogP contribution in [0.25, 0.3) is 0 Å². The van der Waals surface area contributed by atoms with E-state index < -0.39 is 12.1 Å². The minimum absolute atomic E-state index is 0.116. The van der Waals surface area contributed by atoms with Crippen LogP contribution in [0.4, 0.5) is 13.2 Å². The van der Waals surface area contributed by atoms with Crippen molar-refractivity contribution in [2.45, 2.75) is 39.3 Å². The number of rotatable bonds is 8. The van der Waals surface area contributed by atoms with Crippen LogP contribution in [0.5, 0.6) is 0 Å². The summed E-state index contributed by atoms with van der Waals surface area (Å²) in [4.78, 5) is 3.54. The highest BCUT2D eigenvalue weighted by Gasteiger charge is 2.37. The largest absolute Gasteiger partial charge is 0.470 e. The number of aryl methyl sites for hydroxylation is 1. The van der Waals surface area contributed by atoms with Crippen molar-refractivity contribution >= 4 is 5.90 Å². The third kappa shape index (κ3) is 9.06. The highest BCUT2D eigenvalue weighted by molar-refractivity contribution is 5.81. The SMILES string of the molecule is CC(C)CCN=C(OC/C=C/CCc1ccccc1)C(F)(F)F. The number of allylic oxidation sites excluding steroid dienone is 1. The molecular weight excluding hydrogens is 303 g/mol. The second-order valence-corrected chi connectivity index (χ2v) is 5.67. The fourth-order valence-corrected chi connectivity index (χ4v) is 1.85. The van der Waals surface area contributed by atoms with Crippen LogP contribution >= 0.6 is 0 Å². The summed E-state index contributed by atoms with van der Waals surface area (Å²) in [6.45, 7) is 3.90. The third-order valence-corrected chi connectivity index (χ3v) is 3.13. The van der Waals surface area contributed by atoms with Crippen molar-refractivity contribution in [1.29, 1.82) is 0 Å². The molecule has 0 aliphatic rings. The molecule has 0 unspecified atom stereocenters. The van der Waals surface area contributed by atoms with Gasteiger partial charge in [0.2, 0.25) is 0 Å². The van der Waals surface area contributed by atoms with Gasteiger partial charge in [0.1, 0.15) is 6.61 Å². The molecular formula is C18H24F3NO. The van der Waals surface area contributed by atoms with E-state index in [-0.39, 0.29) is 13.2 Å². The molecule has 1 aromatic carbocycles. The smallest absolute Gasteiger partial charge is 0.468 e. The Bertz CT molecular complexity index is 493. The van der Waals surface area contributed by atoms with Gasteiger partial charge in [-0.25, -0.2) is 4.99 Å². The molecule has 0 spiro atoms. The van der Waals surface area contributed by atoms with Crippen LogP contribution in [-0.2, 0) is 11.2 Å². The summed E-state index contributed by atoms with van der Waals surface area (Å²) in [6.07, 6.45) is 1.12. The first kappa shape index (κ1) is 19.3. The molecule has 1 rings (SSSR count). The zero-order valence-electron chi connectivity index (χ0n) is 13.6. The van der Waals surface area contributed by atoms with Gasteiger partial charge in [-0.1, -0.05) is 56.3 Å². The van der Waals surface area contributed by atoms with E-state index in [1.165, 1.54) is 5.56 Å². The number of hydrogen-bond donors (Lipinski definition) is 0. The van der Waals surface area contributed by atoms with Gasteiger partial charge in [-0.2, -0.15) is 13.2 Å². The van der Waals surface area contributed by atoms with Crippen molar-refractivity contribution in [3.8, 4) is 0 Å². The first-order valence-corrected chi connectivity index (χ1v) is 7.83. The number of alkyl halides is 3.